The van der Waals surface area contributed by atoms with Crippen molar-refractivity contribution >= 4 is 43.9 Å². The summed E-state index contributed by atoms with van der Waals surface area (Å²) in [5, 5.41) is 4.62. The van der Waals surface area contributed by atoms with E-state index in [4.69, 9.17) is 8.83 Å². The van der Waals surface area contributed by atoms with Gasteiger partial charge in [-0.25, -0.2) is 0 Å². The van der Waals surface area contributed by atoms with E-state index in [1.54, 1.807) is 0 Å². The minimum atomic E-state index is -0.465. The molecule has 2 aliphatic carbocycles. The van der Waals surface area contributed by atoms with Gasteiger partial charge in [-0.1, -0.05) is 121 Å². The van der Waals surface area contributed by atoms with Crippen LogP contribution in [0, 0.1) is 0 Å². The molecule has 0 fully saturated rings. The molecule has 9 aromatic rings. The van der Waals surface area contributed by atoms with Crippen LogP contribution >= 0.6 is 0 Å². The van der Waals surface area contributed by atoms with Gasteiger partial charge in [-0.15, -0.1) is 0 Å². The molecule has 2 heteroatoms. The van der Waals surface area contributed by atoms with Crippen molar-refractivity contribution in [3.05, 3.63) is 168 Å². The van der Waals surface area contributed by atoms with Gasteiger partial charge in [0.1, 0.15) is 22.3 Å². The van der Waals surface area contributed by atoms with Crippen LogP contribution in [0.2, 0.25) is 0 Å². The Labute approximate surface area is 258 Å². The Balaban J connectivity index is 1.27. The monoisotopic (exact) mass is 572 g/mol. The second-order valence-corrected chi connectivity index (χ2v) is 12.3. The fourth-order valence-electron chi connectivity index (χ4n) is 8.58. The van der Waals surface area contributed by atoms with Crippen molar-refractivity contribution in [2.24, 2.45) is 0 Å². The van der Waals surface area contributed by atoms with Crippen LogP contribution in [0.4, 0.5) is 0 Å². The van der Waals surface area contributed by atoms with Crippen LogP contribution in [0.1, 0.15) is 22.3 Å². The van der Waals surface area contributed by atoms with Crippen molar-refractivity contribution < 1.29 is 8.83 Å². The predicted octanol–water partition coefficient (Wildman–Crippen LogP) is 11.5. The van der Waals surface area contributed by atoms with Crippen molar-refractivity contribution in [3.8, 4) is 33.4 Å². The third-order valence-electron chi connectivity index (χ3n) is 10.3. The summed E-state index contributed by atoms with van der Waals surface area (Å²) in [7, 11) is 0. The normalized spacial score (nSPS) is 16.1. The molecule has 2 aromatic heterocycles. The molecule has 0 amide bonds. The maximum atomic E-state index is 6.69. The van der Waals surface area contributed by atoms with Crippen molar-refractivity contribution in [1.82, 2.24) is 0 Å². The number of furan rings is 2. The zero-order valence-electron chi connectivity index (χ0n) is 24.2. The van der Waals surface area contributed by atoms with Crippen LogP contribution in [0.25, 0.3) is 77.3 Å². The van der Waals surface area contributed by atoms with Gasteiger partial charge in [0.2, 0.25) is 0 Å². The minimum absolute atomic E-state index is 0.465. The van der Waals surface area contributed by atoms with E-state index < -0.39 is 5.41 Å². The molecule has 0 saturated carbocycles. The Kier molecular flexibility index (Phi) is 4.29. The van der Waals surface area contributed by atoms with E-state index >= 15 is 0 Å². The van der Waals surface area contributed by atoms with E-state index in [9.17, 15) is 0 Å². The molecule has 0 N–H and O–H groups in total. The molecule has 1 unspecified atom stereocenters. The smallest absolute Gasteiger partial charge is 0.143 e. The highest BCUT2D eigenvalue weighted by Gasteiger charge is 2.52. The molecule has 208 valence electrons. The van der Waals surface area contributed by atoms with Gasteiger partial charge in [0.05, 0.1) is 5.41 Å². The third-order valence-corrected chi connectivity index (χ3v) is 10.3. The van der Waals surface area contributed by atoms with Gasteiger partial charge in [0.25, 0.3) is 0 Å². The fourth-order valence-corrected chi connectivity index (χ4v) is 8.58. The number of benzene rings is 7. The van der Waals surface area contributed by atoms with E-state index in [2.05, 4.69) is 140 Å². The molecule has 0 saturated heterocycles. The molecule has 1 spiro atoms. The van der Waals surface area contributed by atoms with E-state index in [0.717, 1.165) is 43.9 Å². The van der Waals surface area contributed by atoms with Crippen molar-refractivity contribution in [1.29, 1.82) is 0 Å². The third kappa shape index (κ3) is 2.77. The second-order valence-electron chi connectivity index (χ2n) is 12.3. The molecule has 1 atom stereocenters. The molecule has 0 bridgehead atoms. The summed E-state index contributed by atoms with van der Waals surface area (Å²) < 4.78 is 13.0. The highest BCUT2D eigenvalue weighted by molar-refractivity contribution is 6.14. The second kappa shape index (κ2) is 8.19. The summed E-state index contributed by atoms with van der Waals surface area (Å²) in [4.78, 5) is 0. The summed E-state index contributed by atoms with van der Waals surface area (Å²) >= 11 is 0. The number of para-hydroxylation sites is 2. The highest BCUT2D eigenvalue weighted by Crippen LogP contribution is 2.64. The van der Waals surface area contributed by atoms with Crippen LogP contribution in [-0.2, 0) is 5.41 Å². The maximum Gasteiger partial charge on any atom is 0.143 e. The lowest BCUT2D eigenvalue weighted by Gasteiger charge is -2.30. The van der Waals surface area contributed by atoms with Crippen LogP contribution in [-0.4, -0.2) is 0 Å². The average Bonchev–Trinajstić information content (AvgIpc) is 3.82. The average molecular weight is 573 g/mol. The van der Waals surface area contributed by atoms with Gasteiger partial charge >= 0.3 is 0 Å². The van der Waals surface area contributed by atoms with E-state index in [1.807, 2.05) is 6.07 Å². The standard InChI is InChI=1S/C43H24O2/c1-5-15-33-27(10-1)28-21-20-25(26-14-9-19-39-40(26)32-13-4-8-18-38(32)44-39)24-36(28)43(33)34-16-6-2-12-31(34)41-35(43)23-22-30-29-11-3-7-17-37(29)45-42(30)41/h1-24H. The lowest BCUT2D eigenvalue weighted by Crippen LogP contribution is -2.25. The molecule has 11 rings (SSSR count). The van der Waals surface area contributed by atoms with Crippen LogP contribution in [0.3, 0.4) is 0 Å². The van der Waals surface area contributed by atoms with Crippen molar-refractivity contribution in [3.63, 3.8) is 0 Å². The molecule has 2 nitrogen and oxygen atoms in total. The molecule has 45 heavy (non-hydrogen) atoms. The molecule has 2 aliphatic rings. The van der Waals surface area contributed by atoms with Gasteiger partial charge in [-0.05, 0) is 74.3 Å². The fraction of sp³-hybridized carbons (Fsp3) is 0.0233. The molecule has 7 aromatic carbocycles. The van der Waals surface area contributed by atoms with Crippen LogP contribution < -0.4 is 0 Å². The largest absolute Gasteiger partial charge is 0.456 e. The maximum absolute atomic E-state index is 6.69. The van der Waals surface area contributed by atoms with E-state index in [1.165, 1.54) is 55.6 Å². The zero-order valence-corrected chi connectivity index (χ0v) is 24.2. The van der Waals surface area contributed by atoms with Gasteiger partial charge in [-0.2, -0.15) is 0 Å². The number of fused-ring (bicyclic) bond motifs is 17. The number of hydrogen-bond acceptors (Lipinski definition) is 2. The summed E-state index contributed by atoms with van der Waals surface area (Å²) in [6, 6.07) is 52.8. The molecular formula is C43H24O2. The first-order chi connectivity index (χ1) is 22.3. The first kappa shape index (κ1) is 23.6. The lowest BCUT2D eigenvalue weighted by atomic mass is 9.70. The van der Waals surface area contributed by atoms with Crippen LogP contribution in [0.5, 0.6) is 0 Å². The summed E-state index contributed by atoms with van der Waals surface area (Å²) in [6.07, 6.45) is 0. The first-order valence-corrected chi connectivity index (χ1v) is 15.5. The Morgan fingerprint density at radius 1 is 0.378 bits per heavy atom. The zero-order chi connectivity index (χ0) is 29.3. The number of hydrogen-bond donors (Lipinski definition) is 0. The highest BCUT2D eigenvalue weighted by atomic mass is 16.3. The van der Waals surface area contributed by atoms with Crippen molar-refractivity contribution in [2.75, 3.05) is 0 Å². The molecule has 0 radical (unpaired) electrons. The Hall–Kier alpha value is -5.86. The van der Waals surface area contributed by atoms with Gasteiger partial charge in [0, 0.05) is 27.1 Å². The van der Waals surface area contributed by atoms with Crippen molar-refractivity contribution in [2.45, 2.75) is 5.41 Å². The molecular weight excluding hydrogens is 548 g/mol. The summed E-state index contributed by atoms with van der Waals surface area (Å²) in [5.41, 5.74) is 15.9. The number of rotatable bonds is 1. The van der Waals surface area contributed by atoms with Crippen LogP contribution in [0.15, 0.2) is 154 Å². The minimum Gasteiger partial charge on any atom is -0.456 e. The molecule has 0 aliphatic heterocycles. The van der Waals surface area contributed by atoms with Gasteiger partial charge in [0.15, 0.2) is 0 Å². The Bertz CT molecular complexity index is 2720. The molecule has 2 heterocycles. The van der Waals surface area contributed by atoms with Gasteiger partial charge in [-0.3, -0.25) is 0 Å². The topological polar surface area (TPSA) is 26.3 Å². The lowest BCUT2D eigenvalue weighted by molar-refractivity contribution is 0.668. The summed E-state index contributed by atoms with van der Waals surface area (Å²) in [6.45, 7) is 0. The SMILES string of the molecule is c1ccc2c(c1)-c1ccc(-c3cccc4oc5ccccc5c34)cc1C21c2ccccc2-c2c1ccc1c2oc2ccccc21. The first-order valence-electron chi connectivity index (χ1n) is 15.5. The quantitative estimate of drug-likeness (QED) is 0.196. The Morgan fingerprint density at radius 3 is 1.89 bits per heavy atom. The summed E-state index contributed by atoms with van der Waals surface area (Å²) in [5.74, 6) is 0. The predicted molar refractivity (Wildman–Crippen MR) is 183 cm³/mol. The van der Waals surface area contributed by atoms with Gasteiger partial charge < -0.3 is 8.83 Å². The Morgan fingerprint density at radius 2 is 1.02 bits per heavy atom. The van der Waals surface area contributed by atoms with E-state index in [0.29, 0.717) is 0 Å². The van der Waals surface area contributed by atoms with E-state index in [-0.39, 0.29) is 0 Å².